The van der Waals surface area contributed by atoms with Crippen LogP contribution in [0.15, 0.2) is 24.4 Å². The van der Waals surface area contributed by atoms with E-state index in [4.69, 9.17) is 14.2 Å². The van der Waals surface area contributed by atoms with Crippen LogP contribution in [0.2, 0.25) is 0 Å². The molecule has 1 amide bonds. The standard InChI is InChI=1S/C23H29N5O4/c1-5-31-20-13-19(27-7-9-30-10-8-27)21(32-6-2)12-18(20)25-23(29)17-14-24-22-11-15(3)26-28(22)16(17)4/h11-14H,5-10H2,1-4H3,(H,25,29). The Morgan fingerprint density at radius 3 is 2.53 bits per heavy atom. The van der Waals surface area contributed by atoms with Crippen LogP contribution in [0.1, 0.15) is 35.6 Å². The summed E-state index contributed by atoms with van der Waals surface area (Å²) in [6.07, 6.45) is 1.58. The lowest BCUT2D eigenvalue weighted by molar-refractivity contribution is 0.102. The highest BCUT2D eigenvalue weighted by molar-refractivity contribution is 6.06. The molecular formula is C23H29N5O4. The number of anilines is 2. The molecule has 3 heterocycles. The second kappa shape index (κ2) is 9.44. The smallest absolute Gasteiger partial charge is 0.259 e. The van der Waals surface area contributed by atoms with Crippen molar-refractivity contribution in [1.29, 1.82) is 0 Å². The normalized spacial score (nSPS) is 13.9. The van der Waals surface area contributed by atoms with Gasteiger partial charge in [-0.1, -0.05) is 0 Å². The largest absolute Gasteiger partial charge is 0.492 e. The zero-order valence-electron chi connectivity index (χ0n) is 19.0. The van der Waals surface area contributed by atoms with E-state index in [2.05, 4.69) is 20.3 Å². The summed E-state index contributed by atoms with van der Waals surface area (Å²) in [5.74, 6) is 1.00. The molecule has 3 aromatic rings. The fraction of sp³-hybridized carbons (Fsp3) is 0.435. The van der Waals surface area contributed by atoms with Gasteiger partial charge in [-0.2, -0.15) is 5.10 Å². The molecule has 1 aromatic carbocycles. The van der Waals surface area contributed by atoms with E-state index in [1.165, 1.54) is 0 Å². The Morgan fingerprint density at radius 2 is 1.81 bits per heavy atom. The summed E-state index contributed by atoms with van der Waals surface area (Å²) in [7, 11) is 0. The van der Waals surface area contributed by atoms with Gasteiger partial charge in [0.25, 0.3) is 5.91 Å². The maximum atomic E-state index is 13.2. The zero-order valence-corrected chi connectivity index (χ0v) is 19.0. The third-order valence-corrected chi connectivity index (χ3v) is 5.35. The van der Waals surface area contributed by atoms with Gasteiger partial charge < -0.3 is 24.4 Å². The van der Waals surface area contributed by atoms with Crippen LogP contribution in [0.3, 0.4) is 0 Å². The fourth-order valence-electron chi connectivity index (χ4n) is 3.82. The number of benzene rings is 1. The summed E-state index contributed by atoms with van der Waals surface area (Å²) in [6.45, 7) is 11.4. The van der Waals surface area contributed by atoms with Gasteiger partial charge in [0.1, 0.15) is 11.5 Å². The monoisotopic (exact) mass is 439 g/mol. The second-order valence-electron chi connectivity index (χ2n) is 7.55. The number of carbonyl (C=O) groups is 1. The Labute approximate surface area is 187 Å². The maximum Gasteiger partial charge on any atom is 0.259 e. The number of rotatable bonds is 7. The van der Waals surface area contributed by atoms with E-state index in [1.54, 1.807) is 10.7 Å². The molecule has 0 unspecified atom stereocenters. The second-order valence-corrected chi connectivity index (χ2v) is 7.55. The van der Waals surface area contributed by atoms with E-state index in [1.807, 2.05) is 45.9 Å². The number of aryl methyl sites for hydroxylation is 2. The van der Waals surface area contributed by atoms with Gasteiger partial charge >= 0.3 is 0 Å². The maximum absolute atomic E-state index is 13.2. The van der Waals surface area contributed by atoms with Gasteiger partial charge in [-0.05, 0) is 27.7 Å². The summed E-state index contributed by atoms with van der Waals surface area (Å²) in [6, 6.07) is 5.64. The highest BCUT2D eigenvalue weighted by atomic mass is 16.5. The van der Waals surface area contributed by atoms with E-state index in [-0.39, 0.29) is 5.91 Å². The van der Waals surface area contributed by atoms with Crippen molar-refractivity contribution in [3.05, 3.63) is 41.3 Å². The van der Waals surface area contributed by atoms with Crippen molar-refractivity contribution in [2.75, 3.05) is 49.7 Å². The first-order valence-electron chi connectivity index (χ1n) is 10.9. The summed E-state index contributed by atoms with van der Waals surface area (Å²) in [5.41, 5.74) is 4.19. The van der Waals surface area contributed by atoms with Crippen molar-refractivity contribution in [1.82, 2.24) is 14.6 Å². The molecule has 0 radical (unpaired) electrons. The molecule has 0 bridgehead atoms. The molecule has 170 valence electrons. The van der Waals surface area contributed by atoms with Gasteiger partial charge in [0, 0.05) is 37.5 Å². The molecule has 0 spiro atoms. The lowest BCUT2D eigenvalue weighted by Gasteiger charge is -2.31. The quantitative estimate of drug-likeness (QED) is 0.604. The van der Waals surface area contributed by atoms with Crippen LogP contribution >= 0.6 is 0 Å². The van der Waals surface area contributed by atoms with Gasteiger partial charge in [-0.15, -0.1) is 0 Å². The van der Waals surface area contributed by atoms with Gasteiger partial charge in [0.15, 0.2) is 5.65 Å². The Bertz CT molecular complexity index is 1120. The average molecular weight is 440 g/mol. The number of morpholine rings is 1. The van der Waals surface area contributed by atoms with Crippen LogP contribution in [-0.4, -0.2) is 60.0 Å². The summed E-state index contributed by atoms with van der Waals surface area (Å²) >= 11 is 0. The molecule has 1 aliphatic heterocycles. The summed E-state index contributed by atoms with van der Waals surface area (Å²) < 4.78 is 19.0. The van der Waals surface area contributed by atoms with Crippen LogP contribution < -0.4 is 19.7 Å². The zero-order chi connectivity index (χ0) is 22.7. The predicted molar refractivity (Wildman–Crippen MR) is 122 cm³/mol. The third kappa shape index (κ3) is 4.34. The average Bonchev–Trinajstić information content (AvgIpc) is 3.18. The van der Waals surface area contributed by atoms with Crippen LogP contribution in [0.25, 0.3) is 5.65 Å². The van der Waals surface area contributed by atoms with Crippen molar-refractivity contribution in [2.24, 2.45) is 0 Å². The van der Waals surface area contributed by atoms with E-state index in [0.29, 0.717) is 60.5 Å². The molecule has 9 heteroatoms. The number of amides is 1. The van der Waals surface area contributed by atoms with E-state index in [9.17, 15) is 4.79 Å². The number of nitrogens with one attached hydrogen (secondary N) is 1. The van der Waals surface area contributed by atoms with Crippen LogP contribution in [-0.2, 0) is 4.74 Å². The first kappa shape index (κ1) is 21.9. The van der Waals surface area contributed by atoms with Crippen molar-refractivity contribution in [2.45, 2.75) is 27.7 Å². The number of hydrogen-bond donors (Lipinski definition) is 1. The first-order valence-corrected chi connectivity index (χ1v) is 10.9. The van der Waals surface area contributed by atoms with Gasteiger partial charge in [0.2, 0.25) is 0 Å². The van der Waals surface area contributed by atoms with Crippen LogP contribution in [0.5, 0.6) is 11.5 Å². The van der Waals surface area contributed by atoms with Gasteiger partial charge in [-0.3, -0.25) is 4.79 Å². The van der Waals surface area contributed by atoms with Crippen LogP contribution in [0, 0.1) is 13.8 Å². The molecule has 2 aromatic heterocycles. The van der Waals surface area contributed by atoms with Crippen LogP contribution in [0.4, 0.5) is 11.4 Å². The number of fused-ring (bicyclic) bond motifs is 1. The van der Waals surface area contributed by atoms with E-state index >= 15 is 0 Å². The predicted octanol–water partition coefficient (Wildman–Crippen LogP) is 3.23. The van der Waals surface area contributed by atoms with Crippen molar-refractivity contribution >= 4 is 22.9 Å². The molecule has 1 fully saturated rings. The minimum Gasteiger partial charge on any atom is -0.492 e. The molecule has 4 rings (SSSR count). The molecular weight excluding hydrogens is 410 g/mol. The SMILES string of the molecule is CCOc1cc(N2CCOCC2)c(OCC)cc1NC(=O)c1cnc2cc(C)nn2c1C. The lowest BCUT2D eigenvalue weighted by Crippen LogP contribution is -2.36. The van der Waals surface area contributed by atoms with E-state index < -0.39 is 0 Å². The van der Waals surface area contributed by atoms with E-state index in [0.717, 1.165) is 24.5 Å². The highest BCUT2D eigenvalue weighted by Crippen LogP contribution is 2.39. The summed E-state index contributed by atoms with van der Waals surface area (Å²) in [4.78, 5) is 19.8. The number of nitrogens with zero attached hydrogens (tertiary/aromatic N) is 4. The first-order chi connectivity index (χ1) is 15.5. The molecule has 9 nitrogen and oxygen atoms in total. The molecule has 32 heavy (non-hydrogen) atoms. The fourth-order valence-corrected chi connectivity index (χ4v) is 3.82. The molecule has 0 atom stereocenters. The van der Waals surface area contributed by atoms with Crippen molar-refractivity contribution in [3.63, 3.8) is 0 Å². The Balaban J connectivity index is 1.69. The number of carbonyl (C=O) groups excluding carboxylic acids is 1. The number of ether oxygens (including phenoxy) is 3. The molecule has 1 saturated heterocycles. The van der Waals surface area contributed by atoms with Gasteiger partial charge in [-0.25, -0.2) is 9.50 Å². The third-order valence-electron chi connectivity index (χ3n) is 5.35. The minimum absolute atomic E-state index is 0.285. The van der Waals surface area contributed by atoms with Gasteiger partial charge in [0.05, 0.1) is 54.8 Å². The Morgan fingerprint density at radius 1 is 1.09 bits per heavy atom. The Kier molecular flexibility index (Phi) is 6.45. The number of aromatic nitrogens is 3. The molecule has 1 N–H and O–H groups in total. The topological polar surface area (TPSA) is 90.2 Å². The van der Waals surface area contributed by atoms with Crippen molar-refractivity contribution < 1.29 is 19.0 Å². The minimum atomic E-state index is -0.285. The Hall–Kier alpha value is -3.33. The lowest BCUT2D eigenvalue weighted by atomic mass is 10.1. The summed E-state index contributed by atoms with van der Waals surface area (Å²) in [5, 5.41) is 7.41. The molecule has 0 saturated carbocycles. The molecule has 1 aliphatic rings. The van der Waals surface area contributed by atoms with Crippen molar-refractivity contribution in [3.8, 4) is 11.5 Å². The number of hydrogen-bond acceptors (Lipinski definition) is 7. The molecule has 0 aliphatic carbocycles. The highest BCUT2D eigenvalue weighted by Gasteiger charge is 2.22.